The van der Waals surface area contributed by atoms with Crippen molar-refractivity contribution in [2.75, 3.05) is 6.61 Å². The summed E-state index contributed by atoms with van der Waals surface area (Å²) in [7, 11) is 0. The van der Waals surface area contributed by atoms with Gasteiger partial charge in [-0.3, -0.25) is 9.79 Å². The van der Waals surface area contributed by atoms with Crippen LogP contribution in [0.1, 0.15) is 38.8 Å². The SMILES string of the molecule is C#CCOc1ccc(CC)c(C(=C)C)c1.C=C1NC(=O)C(C2C=CC=C(C3=C=CC=NC=C3)C=C2)N1.CC. The number of benzene rings is 1. The Morgan fingerprint density at radius 2 is 2.05 bits per heavy atom. The van der Waals surface area contributed by atoms with Crippen molar-refractivity contribution in [1.82, 2.24) is 10.6 Å². The second kappa shape index (κ2) is 15.6. The lowest BCUT2D eigenvalue weighted by Gasteiger charge is -2.13. The molecule has 5 nitrogen and oxygen atoms in total. The van der Waals surface area contributed by atoms with Crippen LogP contribution in [0.2, 0.25) is 0 Å². The Morgan fingerprint density at radius 3 is 2.71 bits per heavy atom. The molecule has 2 heterocycles. The summed E-state index contributed by atoms with van der Waals surface area (Å²) in [4.78, 5) is 15.9. The summed E-state index contributed by atoms with van der Waals surface area (Å²) in [6.45, 7) is 16.1. The van der Waals surface area contributed by atoms with Crippen molar-refractivity contribution in [3.8, 4) is 18.1 Å². The van der Waals surface area contributed by atoms with Gasteiger partial charge in [0, 0.05) is 23.9 Å². The number of hydrogen-bond donors (Lipinski definition) is 2. The maximum Gasteiger partial charge on any atom is 0.248 e. The Kier molecular flexibility index (Phi) is 12.2. The first-order valence-corrected chi connectivity index (χ1v) is 12.8. The number of nitrogens with zero attached hydrogens (tertiary/aromatic N) is 1. The van der Waals surface area contributed by atoms with Gasteiger partial charge in [-0.2, -0.15) is 0 Å². The Labute approximate surface area is 227 Å². The molecule has 2 aliphatic heterocycles. The van der Waals surface area contributed by atoms with Gasteiger partial charge in [-0.1, -0.05) is 81.9 Å². The number of rotatable bonds is 6. The lowest BCUT2D eigenvalue weighted by atomic mass is 9.98. The molecular formula is C33H37N3O2. The van der Waals surface area contributed by atoms with E-state index in [1.807, 2.05) is 69.4 Å². The lowest BCUT2D eigenvalue weighted by molar-refractivity contribution is -0.120. The first kappa shape index (κ1) is 29.7. The number of aliphatic imine (C=N–C) groups is 1. The van der Waals surface area contributed by atoms with Crippen molar-refractivity contribution < 1.29 is 9.53 Å². The highest BCUT2D eigenvalue weighted by Crippen LogP contribution is 2.24. The van der Waals surface area contributed by atoms with Crippen LogP contribution in [-0.4, -0.2) is 24.8 Å². The standard InChI is InChI=1S/C17H15N3O.C14H16O.C2H6/c1-12-19-16(17(21)20-12)15-5-2-4-13(7-8-15)14-6-3-10-18-11-9-14;1-5-9-15-13-8-7-12(6-2)14(10-13)11(3)4;1-2/h2-5,7-11,15-16,19H,1H2,(H,20,21);1,7-8,10H,3,6,9H2,2,4H3;1-2H3. The average Bonchev–Trinajstić information content (AvgIpc) is 3.16. The molecule has 0 aromatic heterocycles. The van der Waals surface area contributed by atoms with E-state index in [0.717, 1.165) is 34.5 Å². The number of terminal acetylenes is 1. The smallest absolute Gasteiger partial charge is 0.248 e. The summed E-state index contributed by atoms with van der Waals surface area (Å²) in [5.74, 6) is 3.74. The van der Waals surface area contributed by atoms with Crippen molar-refractivity contribution in [3.05, 3.63) is 114 Å². The number of nitrogens with one attached hydrogen (secondary N) is 2. The molecule has 1 amide bonds. The first-order chi connectivity index (χ1) is 18.4. The molecule has 1 aliphatic carbocycles. The summed E-state index contributed by atoms with van der Waals surface area (Å²) >= 11 is 0. The van der Waals surface area contributed by atoms with Crippen LogP contribution in [0.3, 0.4) is 0 Å². The topological polar surface area (TPSA) is 62.7 Å². The Morgan fingerprint density at radius 1 is 1.26 bits per heavy atom. The molecule has 196 valence electrons. The molecule has 2 unspecified atom stereocenters. The van der Waals surface area contributed by atoms with Crippen LogP contribution < -0.4 is 15.4 Å². The average molecular weight is 508 g/mol. The third kappa shape index (κ3) is 8.55. The van der Waals surface area contributed by atoms with Crippen molar-refractivity contribution in [2.24, 2.45) is 10.9 Å². The van der Waals surface area contributed by atoms with Crippen molar-refractivity contribution in [2.45, 2.75) is 40.2 Å². The molecule has 0 radical (unpaired) electrons. The second-order valence-corrected chi connectivity index (χ2v) is 8.32. The fourth-order valence-corrected chi connectivity index (χ4v) is 3.85. The van der Waals surface area contributed by atoms with Gasteiger partial charge >= 0.3 is 0 Å². The van der Waals surface area contributed by atoms with Crippen LogP contribution in [0.4, 0.5) is 0 Å². The summed E-state index contributed by atoms with van der Waals surface area (Å²) in [5.41, 5.74) is 8.66. The molecule has 4 rings (SSSR count). The highest BCUT2D eigenvalue weighted by Gasteiger charge is 2.31. The van der Waals surface area contributed by atoms with E-state index in [2.05, 4.69) is 53.4 Å². The van der Waals surface area contributed by atoms with Gasteiger partial charge in [0.25, 0.3) is 0 Å². The van der Waals surface area contributed by atoms with E-state index in [1.54, 1.807) is 18.5 Å². The second-order valence-electron chi connectivity index (χ2n) is 8.32. The zero-order chi connectivity index (χ0) is 27.9. The highest BCUT2D eigenvalue weighted by molar-refractivity contribution is 5.87. The van der Waals surface area contributed by atoms with E-state index < -0.39 is 0 Å². The highest BCUT2D eigenvalue weighted by atomic mass is 16.5. The monoisotopic (exact) mass is 507 g/mol. The first-order valence-electron chi connectivity index (χ1n) is 12.8. The van der Waals surface area contributed by atoms with Crippen molar-refractivity contribution >= 4 is 17.7 Å². The maximum absolute atomic E-state index is 11.9. The summed E-state index contributed by atoms with van der Waals surface area (Å²) in [5, 5.41) is 5.75. The summed E-state index contributed by atoms with van der Waals surface area (Å²) < 4.78 is 5.37. The molecule has 3 aliphatic rings. The van der Waals surface area contributed by atoms with Crippen LogP contribution in [0.25, 0.3) is 5.57 Å². The predicted octanol–water partition coefficient (Wildman–Crippen LogP) is 6.21. The minimum atomic E-state index is -0.310. The molecule has 0 bridgehead atoms. The minimum Gasteiger partial charge on any atom is -0.481 e. The molecular weight excluding hydrogens is 470 g/mol. The lowest BCUT2D eigenvalue weighted by Crippen LogP contribution is -2.34. The molecule has 2 atom stereocenters. The molecule has 2 N–H and O–H groups in total. The fraction of sp³-hybridized carbons (Fsp3) is 0.242. The number of carbonyl (C=O) groups is 1. The van der Waals surface area contributed by atoms with E-state index in [4.69, 9.17) is 11.2 Å². The van der Waals surface area contributed by atoms with E-state index in [9.17, 15) is 4.79 Å². The van der Waals surface area contributed by atoms with Crippen LogP contribution >= 0.6 is 0 Å². The number of allylic oxidation sites excluding steroid dienone is 7. The molecule has 1 aromatic rings. The van der Waals surface area contributed by atoms with Crippen LogP contribution in [0, 0.1) is 18.3 Å². The summed E-state index contributed by atoms with van der Waals surface area (Å²) in [6.07, 6.45) is 23.3. The molecule has 0 saturated carbocycles. The van der Waals surface area contributed by atoms with Gasteiger partial charge in [-0.15, -0.1) is 12.2 Å². The number of amides is 1. The Hall–Kier alpha value is -4.52. The van der Waals surface area contributed by atoms with E-state index in [-0.39, 0.29) is 17.9 Å². The van der Waals surface area contributed by atoms with Gasteiger partial charge in [-0.05, 0) is 54.3 Å². The minimum absolute atomic E-state index is 0.0198. The van der Waals surface area contributed by atoms with Gasteiger partial charge < -0.3 is 15.4 Å². The zero-order valence-electron chi connectivity index (χ0n) is 22.8. The van der Waals surface area contributed by atoms with Gasteiger partial charge in [0.05, 0.1) is 5.82 Å². The Bertz CT molecular complexity index is 1290. The van der Waals surface area contributed by atoms with E-state index in [0.29, 0.717) is 12.4 Å². The van der Waals surface area contributed by atoms with Crippen molar-refractivity contribution in [1.29, 1.82) is 0 Å². The Balaban J connectivity index is 0.000000264. The molecule has 1 fully saturated rings. The normalized spacial score (nSPS) is 18.7. The predicted molar refractivity (Wildman–Crippen MR) is 159 cm³/mol. The maximum atomic E-state index is 11.9. The van der Waals surface area contributed by atoms with Gasteiger partial charge in [-0.25, -0.2) is 0 Å². The van der Waals surface area contributed by atoms with E-state index in [1.165, 1.54) is 5.56 Å². The van der Waals surface area contributed by atoms with E-state index >= 15 is 0 Å². The van der Waals surface area contributed by atoms with Crippen LogP contribution in [0.15, 0.2) is 108 Å². The van der Waals surface area contributed by atoms with Crippen molar-refractivity contribution in [3.63, 3.8) is 0 Å². The molecule has 0 spiro atoms. The number of hydrogen-bond acceptors (Lipinski definition) is 4. The zero-order valence-corrected chi connectivity index (χ0v) is 22.8. The molecule has 5 heteroatoms. The van der Waals surface area contributed by atoms with Gasteiger partial charge in [0.1, 0.15) is 18.4 Å². The molecule has 1 aromatic carbocycles. The summed E-state index contributed by atoms with van der Waals surface area (Å²) in [6, 6.07) is 5.70. The van der Waals surface area contributed by atoms with Gasteiger partial charge in [0.2, 0.25) is 5.91 Å². The quantitative estimate of drug-likeness (QED) is 0.355. The number of carbonyl (C=O) groups excluding carboxylic acids is 1. The van der Waals surface area contributed by atoms with Crippen LogP contribution in [0.5, 0.6) is 5.75 Å². The number of ether oxygens (including phenoxy) is 1. The number of aryl methyl sites for hydroxylation is 1. The molecule has 38 heavy (non-hydrogen) atoms. The van der Waals surface area contributed by atoms with Gasteiger partial charge in [0.15, 0.2) is 0 Å². The largest absolute Gasteiger partial charge is 0.481 e. The fourth-order valence-electron chi connectivity index (χ4n) is 3.85. The van der Waals surface area contributed by atoms with Crippen LogP contribution in [-0.2, 0) is 11.2 Å². The third-order valence-corrected chi connectivity index (χ3v) is 5.66. The molecule has 1 saturated heterocycles. The third-order valence-electron chi connectivity index (χ3n) is 5.66.